The van der Waals surface area contributed by atoms with Gasteiger partial charge in [-0.15, -0.1) is 0 Å². The molecule has 1 heterocycles. The fourth-order valence-corrected chi connectivity index (χ4v) is 0.902. The summed E-state index contributed by atoms with van der Waals surface area (Å²) >= 11 is 0. The largest absolute Gasteiger partial charge is 0.464 e. The van der Waals surface area contributed by atoms with Gasteiger partial charge < -0.3 is 9.84 Å². The number of hydrogen-bond donors (Lipinski definition) is 1. The molecule has 1 N–H and O–H groups in total. The van der Waals surface area contributed by atoms with Crippen LogP contribution in [0.2, 0.25) is 0 Å². The van der Waals surface area contributed by atoms with E-state index in [-0.39, 0.29) is 5.69 Å². The lowest BCUT2D eigenvalue weighted by Gasteiger charge is -2.04. The van der Waals surface area contributed by atoms with E-state index in [4.69, 9.17) is 0 Å². The first kappa shape index (κ1) is 9.67. The standard InChI is InChI=1S/C9H11NO3/c1-6(11)7-4-3-5-8(10-7)9(12)13-2/h3-6,11H,1-2H3/t6-/m1/s1. The minimum absolute atomic E-state index is 0.209. The summed E-state index contributed by atoms with van der Waals surface area (Å²) in [6, 6.07) is 4.84. The van der Waals surface area contributed by atoms with Crippen LogP contribution in [-0.4, -0.2) is 23.2 Å². The Morgan fingerprint density at radius 2 is 2.31 bits per heavy atom. The van der Waals surface area contributed by atoms with Crippen LogP contribution < -0.4 is 0 Å². The van der Waals surface area contributed by atoms with Crippen LogP contribution in [0.3, 0.4) is 0 Å². The first-order chi connectivity index (χ1) is 6.15. The zero-order valence-corrected chi connectivity index (χ0v) is 7.52. The topological polar surface area (TPSA) is 59.4 Å². The number of aromatic nitrogens is 1. The zero-order chi connectivity index (χ0) is 9.84. The molecule has 1 atom stereocenters. The van der Waals surface area contributed by atoms with E-state index in [1.165, 1.54) is 13.2 Å². The van der Waals surface area contributed by atoms with E-state index in [9.17, 15) is 9.90 Å². The van der Waals surface area contributed by atoms with Gasteiger partial charge in [0.25, 0.3) is 0 Å². The first-order valence-corrected chi connectivity index (χ1v) is 3.88. The minimum Gasteiger partial charge on any atom is -0.464 e. The number of aliphatic hydroxyl groups is 1. The minimum atomic E-state index is -0.676. The molecule has 0 saturated heterocycles. The highest BCUT2D eigenvalue weighted by atomic mass is 16.5. The van der Waals surface area contributed by atoms with E-state index in [0.29, 0.717) is 5.69 Å². The second-order valence-corrected chi connectivity index (χ2v) is 2.62. The third-order valence-corrected chi connectivity index (χ3v) is 1.59. The van der Waals surface area contributed by atoms with Crippen LogP contribution in [0.4, 0.5) is 0 Å². The van der Waals surface area contributed by atoms with Crippen molar-refractivity contribution in [1.29, 1.82) is 0 Å². The Balaban J connectivity index is 2.98. The van der Waals surface area contributed by atoms with Crippen molar-refractivity contribution in [2.75, 3.05) is 7.11 Å². The Hall–Kier alpha value is -1.42. The van der Waals surface area contributed by atoms with Gasteiger partial charge in [-0.2, -0.15) is 0 Å². The van der Waals surface area contributed by atoms with Gasteiger partial charge in [0.05, 0.1) is 18.9 Å². The van der Waals surface area contributed by atoms with Crippen molar-refractivity contribution in [3.63, 3.8) is 0 Å². The van der Waals surface area contributed by atoms with Gasteiger partial charge in [0.2, 0.25) is 0 Å². The number of rotatable bonds is 2. The number of carbonyl (C=O) groups is 1. The van der Waals surface area contributed by atoms with Gasteiger partial charge in [-0.25, -0.2) is 9.78 Å². The fourth-order valence-electron chi connectivity index (χ4n) is 0.902. The molecule has 4 heteroatoms. The van der Waals surface area contributed by atoms with Gasteiger partial charge in [-0.1, -0.05) is 6.07 Å². The first-order valence-electron chi connectivity index (χ1n) is 3.88. The van der Waals surface area contributed by atoms with E-state index in [0.717, 1.165) is 0 Å². The van der Waals surface area contributed by atoms with Gasteiger partial charge in [-0.05, 0) is 19.1 Å². The van der Waals surface area contributed by atoms with Crippen molar-refractivity contribution >= 4 is 5.97 Å². The Labute approximate surface area is 76.2 Å². The predicted molar refractivity (Wildman–Crippen MR) is 46.2 cm³/mol. The average Bonchev–Trinajstić information content (AvgIpc) is 2.17. The molecule has 4 nitrogen and oxygen atoms in total. The zero-order valence-electron chi connectivity index (χ0n) is 7.52. The Morgan fingerprint density at radius 3 is 2.85 bits per heavy atom. The molecule has 0 aliphatic carbocycles. The van der Waals surface area contributed by atoms with Crippen LogP contribution in [-0.2, 0) is 4.74 Å². The Kier molecular flexibility index (Phi) is 2.97. The molecule has 0 spiro atoms. The van der Waals surface area contributed by atoms with Crippen LogP contribution in [0.5, 0.6) is 0 Å². The number of nitrogens with zero attached hydrogens (tertiary/aromatic N) is 1. The summed E-state index contributed by atoms with van der Waals surface area (Å²) in [4.78, 5) is 14.9. The lowest BCUT2D eigenvalue weighted by atomic mass is 10.2. The molecule has 13 heavy (non-hydrogen) atoms. The molecule has 0 unspecified atom stereocenters. The van der Waals surface area contributed by atoms with Gasteiger partial charge in [0, 0.05) is 0 Å². The molecule has 0 saturated carbocycles. The van der Waals surface area contributed by atoms with E-state index >= 15 is 0 Å². The monoisotopic (exact) mass is 181 g/mol. The van der Waals surface area contributed by atoms with Crippen molar-refractivity contribution in [3.8, 4) is 0 Å². The van der Waals surface area contributed by atoms with Gasteiger partial charge >= 0.3 is 5.97 Å². The molecule has 0 fully saturated rings. The maximum atomic E-state index is 11.0. The van der Waals surface area contributed by atoms with Crippen LogP contribution in [0.15, 0.2) is 18.2 Å². The van der Waals surface area contributed by atoms with Gasteiger partial charge in [0.1, 0.15) is 5.69 Å². The quantitative estimate of drug-likeness (QED) is 0.689. The van der Waals surface area contributed by atoms with E-state index < -0.39 is 12.1 Å². The van der Waals surface area contributed by atoms with Crippen molar-refractivity contribution < 1.29 is 14.6 Å². The molecular weight excluding hydrogens is 170 g/mol. The maximum Gasteiger partial charge on any atom is 0.356 e. The molecule has 0 bridgehead atoms. The SMILES string of the molecule is COC(=O)c1cccc([C@@H](C)O)n1. The van der Waals surface area contributed by atoms with Crippen molar-refractivity contribution in [3.05, 3.63) is 29.6 Å². The Bertz CT molecular complexity index is 309. The third-order valence-electron chi connectivity index (χ3n) is 1.59. The third kappa shape index (κ3) is 2.26. The van der Waals surface area contributed by atoms with E-state index in [1.807, 2.05) is 0 Å². The number of carbonyl (C=O) groups excluding carboxylic acids is 1. The summed E-state index contributed by atoms with van der Waals surface area (Å²) in [6.45, 7) is 1.59. The second-order valence-electron chi connectivity index (χ2n) is 2.62. The van der Waals surface area contributed by atoms with Crippen LogP contribution >= 0.6 is 0 Å². The molecule has 1 aromatic heterocycles. The normalized spacial score (nSPS) is 12.2. The number of aliphatic hydroxyl groups excluding tert-OH is 1. The van der Waals surface area contributed by atoms with Crippen molar-refractivity contribution in [2.24, 2.45) is 0 Å². The summed E-state index contributed by atoms with van der Waals surface area (Å²) in [6.07, 6.45) is -0.676. The lowest BCUT2D eigenvalue weighted by Crippen LogP contribution is -2.06. The molecule has 0 amide bonds. The summed E-state index contributed by atoms with van der Waals surface area (Å²) in [7, 11) is 1.29. The summed E-state index contributed by atoms with van der Waals surface area (Å²) in [5.74, 6) is -0.498. The number of methoxy groups -OCH3 is 1. The summed E-state index contributed by atoms with van der Waals surface area (Å²) in [5, 5.41) is 9.19. The smallest absolute Gasteiger partial charge is 0.356 e. The highest BCUT2D eigenvalue weighted by Crippen LogP contribution is 2.09. The molecule has 0 aliphatic rings. The second kappa shape index (κ2) is 4.00. The Morgan fingerprint density at radius 1 is 1.62 bits per heavy atom. The van der Waals surface area contributed by atoms with Crippen LogP contribution in [0, 0.1) is 0 Å². The lowest BCUT2D eigenvalue weighted by molar-refractivity contribution is 0.0593. The number of hydrogen-bond acceptors (Lipinski definition) is 4. The van der Waals surface area contributed by atoms with Crippen LogP contribution in [0.25, 0.3) is 0 Å². The van der Waals surface area contributed by atoms with E-state index in [1.54, 1.807) is 19.1 Å². The predicted octanol–water partition coefficient (Wildman–Crippen LogP) is 0.921. The number of ether oxygens (including phenoxy) is 1. The molecule has 70 valence electrons. The number of pyridine rings is 1. The van der Waals surface area contributed by atoms with Crippen LogP contribution in [0.1, 0.15) is 29.2 Å². The molecule has 1 aromatic rings. The van der Waals surface area contributed by atoms with E-state index in [2.05, 4.69) is 9.72 Å². The number of esters is 1. The molecular formula is C9H11NO3. The van der Waals surface area contributed by atoms with Gasteiger partial charge in [0.15, 0.2) is 0 Å². The average molecular weight is 181 g/mol. The van der Waals surface area contributed by atoms with Gasteiger partial charge in [-0.3, -0.25) is 0 Å². The molecule has 0 radical (unpaired) electrons. The maximum absolute atomic E-state index is 11.0. The van der Waals surface area contributed by atoms with Crippen molar-refractivity contribution in [2.45, 2.75) is 13.0 Å². The highest BCUT2D eigenvalue weighted by molar-refractivity contribution is 5.87. The molecule has 0 aliphatic heterocycles. The fraction of sp³-hybridized carbons (Fsp3) is 0.333. The highest BCUT2D eigenvalue weighted by Gasteiger charge is 2.09. The summed E-state index contributed by atoms with van der Waals surface area (Å²) < 4.78 is 4.49. The molecule has 0 aromatic carbocycles. The summed E-state index contributed by atoms with van der Waals surface area (Å²) in [5.41, 5.74) is 0.670. The van der Waals surface area contributed by atoms with Crippen molar-refractivity contribution in [1.82, 2.24) is 4.98 Å². The molecule has 1 rings (SSSR count).